The van der Waals surface area contributed by atoms with E-state index >= 15 is 0 Å². The molecule has 0 unspecified atom stereocenters. The number of rotatable bonds is 6. The first-order valence-corrected chi connectivity index (χ1v) is 5.10. The van der Waals surface area contributed by atoms with Gasteiger partial charge in [0.2, 0.25) is 0 Å². The molecule has 0 heterocycles. The fourth-order valence-corrected chi connectivity index (χ4v) is 0.999. The lowest BCUT2D eigenvalue weighted by atomic mass is 10.3. The van der Waals surface area contributed by atoms with Gasteiger partial charge in [-0.05, 0) is 39.4 Å². The van der Waals surface area contributed by atoms with E-state index < -0.39 is 0 Å². The Bertz CT molecular complexity index is 79.1. The summed E-state index contributed by atoms with van der Waals surface area (Å²) in [5.74, 6) is 0. The van der Waals surface area contributed by atoms with E-state index in [1.807, 2.05) is 19.9 Å². The number of hydrogen-bond acceptors (Lipinski definition) is 1. The maximum atomic E-state index is 3.68. The third kappa shape index (κ3) is 12.4. The SMILES string of the molecule is C=CCCCN(C)CCC.CC. The summed E-state index contributed by atoms with van der Waals surface area (Å²) in [6, 6.07) is 0. The molecule has 0 aromatic rings. The van der Waals surface area contributed by atoms with Crippen LogP contribution in [0.2, 0.25) is 0 Å². The number of hydrogen-bond donors (Lipinski definition) is 0. The molecular formula is C11H25N. The highest BCUT2D eigenvalue weighted by Crippen LogP contribution is 1.93. The molecule has 0 rings (SSSR count). The predicted octanol–water partition coefficient (Wildman–Crippen LogP) is 3.32. The van der Waals surface area contributed by atoms with Gasteiger partial charge in [0, 0.05) is 0 Å². The zero-order chi connectivity index (χ0) is 9.82. The highest BCUT2D eigenvalue weighted by molar-refractivity contribution is 4.66. The first-order chi connectivity index (χ1) is 5.81. The van der Waals surface area contributed by atoms with Crippen LogP contribution in [0, 0.1) is 0 Å². The molecule has 0 aliphatic carbocycles. The molecule has 74 valence electrons. The molecule has 1 nitrogen and oxygen atoms in total. The second-order valence-electron chi connectivity index (χ2n) is 2.73. The van der Waals surface area contributed by atoms with Gasteiger partial charge in [-0.1, -0.05) is 26.8 Å². The fraction of sp³-hybridized carbons (Fsp3) is 0.818. The average Bonchev–Trinajstić information content (AvgIpc) is 2.09. The first kappa shape index (κ1) is 14.2. The lowest BCUT2D eigenvalue weighted by Crippen LogP contribution is -2.19. The summed E-state index contributed by atoms with van der Waals surface area (Å²) in [5.41, 5.74) is 0. The number of allylic oxidation sites excluding steroid dienone is 1. The monoisotopic (exact) mass is 171 g/mol. The van der Waals surface area contributed by atoms with Gasteiger partial charge in [-0.15, -0.1) is 6.58 Å². The van der Waals surface area contributed by atoms with Crippen LogP contribution in [-0.4, -0.2) is 25.0 Å². The van der Waals surface area contributed by atoms with E-state index in [2.05, 4.69) is 25.5 Å². The maximum Gasteiger partial charge on any atom is -0.00188 e. The van der Waals surface area contributed by atoms with E-state index in [0.29, 0.717) is 0 Å². The van der Waals surface area contributed by atoms with Crippen molar-refractivity contribution in [1.29, 1.82) is 0 Å². The summed E-state index contributed by atoms with van der Waals surface area (Å²) in [5, 5.41) is 0. The summed E-state index contributed by atoms with van der Waals surface area (Å²) < 4.78 is 0. The second-order valence-corrected chi connectivity index (χ2v) is 2.73. The van der Waals surface area contributed by atoms with Crippen LogP contribution in [0.4, 0.5) is 0 Å². The van der Waals surface area contributed by atoms with Crippen molar-refractivity contribution < 1.29 is 0 Å². The molecule has 0 aliphatic rings. The van der Waals surface area contributed by atoms with Gasteiger partial charge < -0.3 is 4.90 Å². The molecule has 0 aromatic carbocycles. The minimum absolute atomic E-state index is 1.15. The molecule has 12 heavy (non-hydrogen) atoms. The molecule has 0 bridgehead atoms. The largest absolute Gasteiger partial charge is 0.306 e. The summed E-state index contributed by atoms with van der Waals surface area (Å²) in [6.45, 7) is 12.3. The molecular weight excluding hydrogens is 146 g/mol. The Morgan fingerprint density at radius 1 is 1.25 bits per heavy atom. The highest BCUT2D eigenvalue weighted by atomic mass is 15.1. The zero-order valence-corrected chi connectivity index (χ0v) is 9.27. The Kier molecular flexibility index (Phi) is 15.8. The fourth-order valence-electron chi connectivity index (χ4n) is 0.999. The molecule has 0 aromatic heterocycles. The molecule has 0 N–H and O–H groups in total. The Labute approximate surface area is 78.5 Å². The van der Waals surface area contributed by atoms with E-state index in [4.69, 9.17) is 0 Å². The van der Waals surface area contributed by atoms with E-state index in [1.165, 1.54) is 25.9 Å². The molecule has 1 heteroatoms. The van der Waals surface area contributed by atoms with E-state index in [9.17, 15) is 0 Å². The van der Waals surface area contributed by atoms with Crippen LogP contribution >= 0.6 is 0 Å². The van der Waals surface area contributed by atoms with Crippen molar-refractivity contribution in [2.24, 2.45) is 0 Å². The smallest absolute Gasteiger partial charge is 0.00188 e. The van der Waals surface area contributed by atoms with Crippen molar-refractivity contribution in [2.75, 3.05) is 20.1 Å². The average molecular weight is 171 g/mol. The summed E-state index contributed by atoms with van der Waals surface area (Å²) >= 11 is 0. The Morgan fingerprint density at radius 3 is 2.25 bits per heavy atom. The van der Waals surface area contributed by atoms with Gasteiger partial charge in [0.15, 0.2) is 0 Å². The quantitative estimate of drug-likeness (QED) is 0.438. The zero-order valence-electron chi connectivity index (χ0n) is 9.27. The Hall–Kier alpha value is -0.300. The molecule has 0 spiro atoms. The summed E-state index contributed by atoms with van der Waals surface area (Å²) in [4.78, 5) is 2.36. The topological polar surface area (TPSA) is 3.24 Å². The van der Waals surface area contributed by atoms with Gasteiger partial charge in [-0.3, -0.25) is 0 Å². The number of nitrogens with zero attached hydrogens (tertiary/aromatic N) is 1. The van der Waals surface area contributed by atoms with Crippen LogP contribution in [-0.2, 0) is 0 Å². The van der Waals surface area contributed by atoms with Crippen LogP contribution in [0.1, 0.15) is 40.0 Å². The maximum absolute atomic E-state index is 3.68. The number of unbranched alkanes of at least 4 members (excludes halogenated alkanes) is 1. The Balaban J connectivity index is 0. The lowest BCUT2D eigenvalue weighted by Gasteiger charge is -2.13. The lowest BCUT2D eigenvalue weighted by molar-refractivity contribution is 0.331. The molecule has 0 aliphatic heterocycles. The normalized spacial score (nSPS) is 9.08. The molecule has 0 atom stereocenters. The van der Waals surface area contributed by atoms with E-state index in [-0.39, 0.29) is 0 Å². The molecule has 0 radical (unpaired) electrons. The Morgan fingerprint density at radius 2 is 1.83 bits per heavy atom. The third-order valence-corrected chi connectivity index (χ3v) is 1.55. The predicted molar refractivity (Wildman–Crippen MR) is 58.6 cm³/mol. The van der Waals surface area contributed by atoms with Crippen LogP contribution in [0.25, 0.3) is 0 Å². The van der Waals surface area contributed by atoms with Crippen molar-refractivity contribution in [1.82, 2.24) is 4.90 Å². The highest BCUT2D eigenvalue weighted by Gasteiger charge is 1.92. The van der Waals surface area contributed by atoms with Crippen molar-refractivity contribution in [3.05, 3.63) is 12.7 Å². The summed E-state index contributed by atoms with van der Waals surface area (Å²) in [7, 11) is 2.17. The molecule has 0 saturated carbocycles. The third-order valence-electron chi connectivity index (χ3n) is 1.55. The minimum Gasteiger partial charge on any atom is -0.306 e. The molecule has 0 saturated heterocycles. The minimum atomic E-state index is 1.15. The van der Waals surface area contributed by atoms with E-state index in [0.717, 1.165) is 6.42 Å². The second kappa shape index (κ2) is 13.3. The van der Waals surface area contributed by atoms with Gasteiger partial charge in [0.05, 0.1) is 0 Å². The van der Waals surface area contributed by atoms with Gasteiger partial charge >= 0.3 is 0 Å². The molecule has 0 amide bonds. The van der Waals surface area contributed by atoms with Crippen molar-refractivity contribution >= 4 is 0 Å². The summed E-state index contributed by atoms with van der Waals surface area (Å²) in [6.07, 6.45) is 5.64. The van der Waals surface area contributed by atoms with Gasteiger partial charge in [-0.25, -0.2) is 0 Å². The van der Waals surface area contributed by atoms with Gasteiger partial charge in [0.1, 0.15) is 0 Å². The van der Waals surface area contributed by atoms with Crippen molar-refractivity contribution in [3.8, 4) is 0 Å². The standard InChI is InChI=1S/C9H19N.C2H6/c1-4-6-7-9-10(3)8-5-2;1-2/h4H,1,5-9H2,2-3H3;1-2H3. The van der Waals surface area contributed by atoms with Crippen LogP contribution in [0.5, 0.6) is 0 Å². The van der Waals surface area contributed by atoms with Gasteiger partial charge in [0.25, 0.3) is 0 Å². The first-order valence-electron chi connectivity index (χ1n) is 5.10. The van der Waals surface area contributed by atoms with Crippen LogP contribution < -0.4 is 0 Å². The van der Waals surface area contributed by atoms with Crippen LogP contribution in [0.3, 0.4) is 0 Å². The molecule has 0 fully saturated rings. The van der Waals surface area contributed by atoms with Crippen molar-refractivity contribution in [3.63, 3.8) is 0 Å². The van der Waals surface area contributed by atoms with Crippen LogP contribution in [0.15, 0.2) is 12.7 Å². The van der Waals surface area contributed by atoms with Gasteiger partial charge in [-0.2, -0.15) is 0 Å². The van der Waals surface area contributed by atoms with Crippen molar-refractivity contribution in [2.45, 2.75) is 40.0 Å². The van der Waals surface area contributed by atoms with E-state index in [1.54, 1.807) is 0 Å².